The van der Waals surface area contributed by atoms with Crippen LogP contribution in [-0.2, 0) is 16.1 Å². The average Bonchev–Trinajstić information content (AvgIpc) is 3.51. The standard InChI is InChI=1S/C30H30F2N4O2/c1-19(2)23-13-12-21(14-24(23)32)29(20-8-4-3-5-9-20)34-30(38)27-15-22(31)16-36(27)28(37)17-35-18-33-25-10-6-7-11-26(25)35/h3-14,18-19,22,27,29H,15-17H2,1-2H3,(H,34,38)/t22-,27+,29+/m1/s1. The molecule has 2 heterocycles. The number of aromatic nitrogens is 2. The summed E-state index contributed by atoms with van der Waals surface area (Å²) in [6, 6.07) is 20.0. The molecule has 1 fully saturated rings. The van der Waals surface area contributed by atoms with Crippen molar-refractivity contribution in [1.82, 2.24) is 19.8 Å². The van der Waals surface area contributed by atoms with E-state index in [1.54, 1.807) is 23.0 Å². The van der Waals surface area contributed by atoms with E-state index < -0.39 is 24.2 Å². The van der Waals surface area contributed by atoms with Crippen molar-refractivity contribution >= 4 is 22.8 Å². The fraction of sp³-hybridized carbons (Fsp3) is 0.300. The highest BCUT2D eigenvalue weighted by Crippen LogP contribution is 2.28. The van der Waals surface area contributed by atoms with E-state index in [-0.39, 0.29) is 37.2 Å². The summed E-state index contributed by atoms with van der Waals surface area (Å²) < 4.78 is 31.2. The van der Waals surface area contributed by atoms with Crippen LogP contribution in [0, 0.1) is 5.82 Å². The van der Waals surface area contributed by atoms with Crippen molar-refractivity contribution in [3.63, 3.8) is 0 Å². The highest BCUT2D eigenvalue weighted by molar-refractivity contribution is 5.89. The molecule has 38 heavy (non-hydrogen) atoms. The van der Waals surface area contributed by atoms with E-state index in [0.29, 0.717) is 11.1 Å². The Morgan fingerprint density at radius 2 is 1.76 bits per heavy atom. The number of nitrogens with zero attached hydrogens (tertiary/aromatic N) is 3. The Morgan fingerprint density at radius 3 is 2.50 bits per heavy atom. The lowest BCUT2D eigenvalue weighted by Gasteiger charge is -2.27. The normalized spacial score (nSPS) is 18.2. The fourth-order valence-electron chi connectivity index (χ4n) is 5.12. The second-order valence-electron chi connectivity index (χ2n) is 10.0. The Bertz CT molecular complexity index is 1450. The Morgan fingerprint density at radius 1 is 1.03 bits per heavy atom. The molecule has 1 aliphatic heterocycles. The average molecular weight is 517 g/mol. The first kappa shape index (κ1) is 25.6. The van der Waals surface area contributed by atoms with Crippen LogP contribution in [0.4, 0.5) is 8.78 Å². The van der Waals surface area contributed by atoms with Crippen molar-refractivity contribution in [3.8, 4) is 0 Å². The number of para-hydroxylation sites is 2. The highest BCUT2D eigenvalue weighted by Gasteiger charge is 2.40. The zero-order valence-corrected chi connectivity index (χ0v) is 21.4. The molecule has 2 amide bonds. The number of likely N-dealkylation sites (tertiary alicyclic amines) is 1. The highest BCUT2D eigenvalue weighted by atomic mass is 19.1. The summed E-state index contributed by atoms with van der Waals surface area (Å²) in [6.07, 6.45) is 0.165. The first-order chi connectivity index (χ1) is 18.3. The topological polar surface area (TPSA) is 67.2 Å². The van der Waals surface area contributed by atoms with Gasteiger partial charge in [0, 0.05) is 6.42 Å². The summed E-state index contributed by atoms with van der Waals surface area (Å²) in [6.45, 7) is 3.62. The summed E-state index contributed by atoms with van der Waals surface area (Å²) in [7, 11) is 0. The van der Waals surface area contributed by atoms with Crippen molar-refractivity contribution in [2.45, 2.75) is 51.0 Å². The number of amides is 2. The molecular weight excluding hydrogens is 486 g/mol. The third-order valence-electron chi connectivity index (χ3n) is 7.11. The Hall–Kier alpha value is -4.07. The first-order valence-corrected chi connectivity index (χ1v) is 12.8. The number of benzene rings is 3. The van der Waals surface area contributed by atoms with Crippen LogP contribution < -0.4 is 5.32 Å². The lowest BCUT2D eigenvalue weighted by molar-refractivity contribution is -0.139. The molecule has 8 heteroatoms. The van der Waals surface area contributed by atoms with Crippen LogP contribution in [0.1, 0.15) is 48.9 Å². The van der Waals surface area contributed by atoms with E-state index in [4.69, 9.17) is 0 Å². The van der Waals surface area contributed by atoms with Gasteiger partial charge in [-0.15, -0.1) is 0 Å². The van der Waals surface area contributed by atoms with Gasteiger partial charge in [-0.25, -0.2) is 13.8 Å². The van der Waals surface area contributed by atoms with Gasteiger partial charge in [0.25, 0.3) is 0 Å². The van der Waals surface area contributed by atoms with Crippen LogP contribution in [0.5, 0.6) is 0 Å². The minimum Gasteiger partial charge on any atom is -0.343 e. The summed E-state index contributed by atoms with van der Waals surface area (Å²) in [5.41, 5.74) is 3.46. The third-order valence-corrected chi connectivity index (χ3v) is 7.11. The van der Waals surface area contributed by atoms with Crippen LogP contribution in [-0.4, -0.2) is 45.0 Å². The number of nitrogens with one attached hydrogen (secondary N) is 1. The molecule has 1 aliphatic rings. The molecule has 196 valence electrons. The molecule has 5 rings (SSSR count). The molecule has 6 nitrogen and oxygen atoms in total. The van der Waals surface area contributed by atoms with E-state index in [9.17, 15) is 18.4 Å². The molecule has 4 aromatic rings. The molecule has 1 saturated heterocycles. The molecule has 1 N–H and O–H groups in total. The van der Waals surface area contributed by atoms with Crippen molar-refractivity contribution in [3.05, 3.63) is 102 Å². The maximum Gasteiger partial charge on any atom is 0.243 e. The van der Waals surface area contributed by atoms with E-state index in [1.807, 2.05) is 68.4 Å². The monoisotopic (exact) mass is 516 g/mol. The molecule has 1 aromatic heterocycles. The lowest BCUT2D eigenvalue weighted by atomic mass is 9.94. The fourth-order valence-corrected chi connectivity index (χ4v) is 5.12. The van der Waals surface area contributed by atoms with Crippen LogP contribution in [0.15, 0.2) is 79.1 Å². The maximum atomic E-state index is 14.9. The molecule has 0 unspecified atom stereocenters. The summed E-state index contributed by atoms with van der Waals surface area (Å²) in [4.78, 5) is 32.4. The first-order valence-electron chi connectivity index (χ1n) is 12.8. The van der Waals surface area contributed by atoms with Crippen LogP contribution in [0.3, 0.4) is 0 Å². The quantitative estimate of drug-likeness (QED) is 0.370. The molecule has 0 radical (unpaired) electrons. The van der Waals surface area contributed by atoms with Gasteiger partial charge in [-0.2, -0.15) is 0 Å². The minimum atomic E-state index is -1.31. The van der Waals surface area contributed by atoms with Crippen LogP contribution in [0.25, 0.3) is 11.0 Å². The number of alkyl halides is 1. The number of hydrogen-bond donors (Lipinski definition) is 1. The summed E-state index contributed by atoms with van der Waals surface area (Å²) in [5, 5.41) is 2.98. The number of rotatable bonds is 7. The number of fused-ring (bicyclic) bond motifs is 1. The van der Waals surface area contributed by atoms with Crippen molar-refractivity contribution in [2.75, 3.05) is 6.54 Å². The largest absolute Gasteiger partial charge is 0.343 e. The zero-order valence-electron chi connectivity index (χ0n) is 21.4. The molecule has 0 saturated carbocycles. The predicted octanol–water partition coefficient (Wildman–Crippen LogP) is 5.14. The molecule has 0 bridgehead atoms. The zero-order chi connectivity index (χ0) is 26.8. The van der Waals surface area contributed by atoms with Crippen molar-refractivity contribution in [1.29, 1.82) is 0 Å². The summed E-state index contributed by atoms with van der Waals surface area (Å²) in [5.74, 6) is -1.17. The van der Waals surface area contributed by atoms with E-state index in [2.05, 4.69) is 10.3 Å². The number of carbonyl (C=O) groups excluding carboxylic acids is 2. The second-order valence-corrected chi connectivity index (χ2v) is 10.0. The Labute approximate surface area is 220 Å². The smallest absolute Gasteiger partial charge is 0.243 e. The van der Waals surface area contributed by atoms with Crippen molar-refractivity contribution < 1.29 is 18.4 Å². The van der Waals surface area contributed by atoms with Crippen molar-refractivity contribution in [2.24, 2.45) is 0 Å². The second kappa shape index (κ2) is 10.7. The Balaban J connectivity index is 1.39. The van der Waals surface area contributed by atoms with Crippen LogP contribution >= 0.6 is 0 Å². The van der Waals surface area contributed by atoms with Gasteiger partial charge in [-0.3, -0.25) is 9.59 Å². The van der Waals surface area contributed by atoms with Gasteiger partial charge in [0.05, 0.1) is 29.9 Å². The summed E-state index contributed by atoms with van der Waals surface area (Å²) >= 11 is 0. The predicted molar refractivity (Wildman–Crippen MR) is 142 cm³/mol. The Kier molecular flexibility index (Phi) is 7.22. The van der Waals surface area contributed by atoms with Gasteiger partial charge in [-0.1, -0.05) is 68.4 Å². The number of hydrogen-bond acceptors (Lipinski definition) is 3. The molecule has 3 atom stereocenters. The van der Waals surface area contributed by atoms with E-state index in [1.165, 1.54) is 11.0 Å². The minimum absolute atomic E-state index is 0.0148. The molecule has 0 aliphatic carbocycles. The van der Waals surface area contributed by atoms with Gasteiger partial charge < -0.3 is 14.8 Å². The molecular formula is C30H30F2N4O2. The van der Waals surface area contributed by atoms with Gasteiger partial charge in [0.1, 0.15) is 24.6 Å². The third kappa shape index (κ3) is 5.16. The molecule has 3 aromatic carbocycles. The number of halogens is 2. The molecule has 0 spiro atoms. The van der Waals surface area contributed by atoms with Gasteiger partial charge >= 0.3 is 0 Å². The van der Waals surface area contributed by atoms with Gasteiger partial charge in [0.15, 0.2) is 0 Å². The maximum absolute atomic E-state index is 14.9. The van der Waals surface area contributed by atoms with Crippen LogP contribution in [0.2, 0.25) is 0 Å². The van der Waals surface area contributed by atoms with E-state index in [0.717, 1.165) is 16.6 Å². The lowest BCUT2D eigenvalue weighted by Crippen LogP contribution is -2.47. The van der Waals surface area contributed by atoms with Gasteiger partial charge in [0.2, 0.25) is 11.8 Å². The van der Waals surface area contributed by atoms with Gasteiger partial charge in [-0.05, 0) is 40.8 Å². The number of carbonyl (C=O) groups is 2. The number of imidazole rings is 1. The van der Waals surface area contributed by atoms with E-state index >= 15 is 0 Å². The SMILES string of the molecule is CC(C)c1ccc([C@@H](NC(=O)[C@@H]2C[C@@H](F)CN2C(=O)Cn2cnc3ccccc32)c2ccccc2)cc1F.